The summed E-state index contributed by atoms with van der Waals surface area (Å²) < 4.78 is 0. The van der Waals surface area contributed by atoms with Crippen LogP contribution in [-0.2, 0) is 4.79 Å². The molecule has 0 aromatic heterocycles. The van der Waals surface area contributed by atoms with Gasteiger partial charge in [0.2, 0.25) is 5.91 Å². The number of nitrogens with zero attached hydrogens (tertiary/aromatic N) is 1. The highest BCUT2D eigenvalue weighted by Gasteiger charge is 2.38. The molecule has 142 valence electrons. The van der Waals surface area contributed by atoms with Crippen LogP contribution in [0.5, 0.6) is 0 Å². The second-order valence-corrected chi connectivity index (χ2v) is 9.01. The lowest BCUT2D eigenvalue weighted by Crippen LogP contribution is -2.47. The van der Waals surface area contributed by atoms with E-state index in [1.807, 2.05) is 81.1 Å². The van der Waals surface area contributed by atoms with Crippen LogP contribution < -0.4 is 5.32 Å². The van der Waals surface area contributed by atoms with Gasteiger partial charge in [0.05, 0.1) is 5.56 Å². The van der Waals surface area contributed by atoms with Gasteiger partial charge >= 0.3 is 0 Å². The van der Waals surface area contributed by atoms with E-state index in [-0.39, 0.29) is 17.4 Å². The van der Waals surface area contributed by atoms with Crippen LogP contribution in [0.4, 0.5) is 0 Å². The molecule has 2 amide bonds. The first-order chi connectivity index (χ1) is 12.8. The summed E-state index contributed by atoms with van der Waals surface area (Å²) in [7, 11) is 0. The Morgan fingerprint density at radius 3 is 2.48 bits per heavy atom. The van der Waals surface area contributed by atoms with Crippen LogP contribution in [0.15, 0.2) is 58.3 Å². The van der Waals surface area contributed by atoms with Gasteiger partial charge in [-0.05, 0) is 63.9 Å². The first-order valence-corrected chi connectivity index (χ1v) is 10.0. The largest absolute Gasteiger partial charge is 0.340 e. The first kappa shape index (κ1) is 19.5. The Hall–Kier alpha value is -2.27. The van der Waals surface area contributed by atoms with Gasteiger partial charge in [-0.2, -0.15) is 0 Å². The topological polar surface area (TPSA) is 49.4 Å². The van der Waals surface area contributed by atoms with Crippen molar-refractivity contribution in [2.75, 3.05) is 6.54 Å². The lowest BCUT2D eigenvalue weighted by molar-refractivity contribution is -0.133. The molecule has 0 saturated carbocycles. The standard InChI is InChI=1S/C22H26N2O2S/c1-15-10-11-17(19(14-15)27-16-8-6-5-7-9-16)20(25)23-18-12-13-24(21(18)26)22(2,3)4/h5-11,14,18H,12-13H2,1-4H3,(H,23,25). The minimum Gasteiger partial charge on any atom is -0.340 e. The highest BCUT2D eigenvalue weighted by atomic mass is 32.2. The lowest BCUT2D eigenvalue weighted by atomic mass is 10.1. The smallest absolute Gasteiger partial charge is 0.253 e. The third-order valence-electron chi connectivity index (χ3n) is 4.67. The second kappa shape index (κ2) is 7.77. The van der Waals surface area contributed by atoms with E-state index in [4.69, 9.17) is 0 Å². The minimum absolute atomic E-state index is 0.000208. The molecule has 1 unspecified atom stereocenters. The van der Waals surface area contributed by atoms with Crippen molar-refractivity contribution in [1.29, 1.82) is 0 Å². The fourth-order valence-electron chi connectivity index (χ4n) is 3.23. The zero-order valence-electron chi connectivity index (χ0n) is 16.3. The Morgan fingerprint density at radius 1 is 1.15 bits per heavy atom. The molecule has 0 radical (unpaired) electrons. The highest BCUT2D eigenvalue weighted by molar-refractivity contribution is 7.99. The van der Waals surface area contributed by atoms with Crippen molar-refractivity contribution in [3.05, 3.63) is 59.7 Å². The maximum absolute atomic E-state index is 12.9. The average Bonchev–Trinajstić information content (AvgIpc) is 2.96. The van der Waals surface area contributed by atoms with E-state index in [9.17, 15) is 9.59 Å². The summed E-state index contributed by atoms with van der Waals surface area (Å²) in [5, 5.41) is 2.95. The van der Waals surface area contributed by atoms with Gasteiger partial charge in [-0.3, -0.25) is 9.59 Å². The third-order valence-corrected chi connectivity index (χ3v) is 5.74. The molecule has 5 heteroatoms. The molecule has 1 heterocycles. The number of carbonyl (C=O) groups excluding carboxylic acids is 2. The van der Waals surface area contributed by atoms with Crippen molar-refractivity contribution < 1.29 is 9.59 Å². The normalized spacial score (nSPS) is 17.3. The zero-order chi connectivity index (χ0) is 19.6. The summed E-state index contributed by atoms with van der Waals surface area (Å²) in [5.74, 6) is -0.192. The minimum atomic E-state index is -0.451. The van der Waals surface area contributed by atoms with Gasteiger partial charge in [-0.15, -0.1) is 0 Å². The molecule has 4 nitrogen and oxygen atoms in total. The molecule has 1 aliphatic rings. The van der Waals surface area contributed by atoms with Gasteiger partial charge < -0.3 is 10.2 Å². The highest BCUT2D eigenvalue weighted by Crippen LogP contribution is 2.31. The van der Waals surface area contributed by atoms with Gasteiger partial charge in [0.25, 0.3) is 5.91 Å². The molecular formula is C22H26N2O2S. The van der Waals surface area contributed by atoms with Gasteiger partial charge in [-0.25, -0.2) is 0 Å². The van der Waals surface area contributed by atoms with Gasteiger partial charge in [-0.1, -0.05) is 36.0 Å². The van der Waals surface area contributed by atoms with Crippen LogP contribution in [0.25, 0.3) is 0 Å². The number of carbonyl (C=O) groups is 2. The lowest BCUT2D eigenvalue weighted by Gasteiger charge is -2.32. The molecule has 0 spiro atoms. The molecule has 1 atom stereocenters. The van der Waals surface area contributed by atoms with E-state index in [0.717, 1.165) is 15.4 Å². The molecule has 27 heavy (non-hydrogen) atoms. The number of hydrogen-bond donors (Lipinski definition) is 1. The summed E-state index contributed by atoms with van der Waals surface area (Å²) in [5.41, 5.74) is 1.48. The Kier molecular flexibility index (Phi) is 5.61. The van der Waals surface area contributed by atoms with Crippen LogP contribution in [0, 0.1) is 6.92 Å². The zero-order valence-corrected chi connectivity index (χ0v) is 17.1. The third kappa shape index (κ3) is 4.53. The van der Waals surface area contributed by atoms with Crippen molar-refractivity contribution in [1.82, 2.24) is 10.2 Å². The molecule has 2 aromatic carbocycles. The fourth-order valence-corrected chi connectivity index (χ4v) is 4.30. The Labute approximate surface area is 165 Å². The number of nitrogens with one attached hydrogen (secondary N) is 1. The maximum atomic E-state index is 12.9. The van der Waals surface area contributed by atoms with Gasteiger partial charge in [0.1, 0.15) is 6.04 Å². The van der Waals surface area contributed by atoms with Gasteiger partial charge in [0, 0.05) is 21.9 Å². The molecule has 1 saturated heterocycles. The summed E-state index contributed by atoms with van der Waals surface area (Å²) in [6.45, 7) is 8.74. The number of hydrogen-bond acceptors (Lipinski definition) is 3. The summed E-state index contributed by atoms with van der Waals surface area (Å²) in [6.07, 6.45) is 0.648. The second-order valence-electron chi connectivity index (χ2n) is 7.89. The average molecular weight is 383 g/mol. The number of likely N-dealkylation sites (tertiary alicyclic amines) is 1. The summed E-state index contributed by atoms with van der Waals surface area (Å²) >= 11 is 1.56. The van der Waals surface area contributed by atoms with Crippen molar-refractivity contribution in [2.24, 2.45) is 0 Å². The van der Waals surface area contributed by atoms with E-state index < -0.39 is 6.04 Å². The molecule has 1 aliphatic heterocycles. The fraction of sp³-hybridized carbons (Fsp3) is 0.364. The predicted octanol–water partition coefficient (Wildman–Crippen LogP) is 4.28. The first-order valence-electron chi connectivity index (χ1n) is 9.21. The van der Waals surface area contributed by atoms with E-state index in [2.05, 4.69) is 5.32 Å². The van der Waals surface area contributed by atoms with Crippen molar-refractivity contribution in [3.8, 4) is 0 Å². The van der Waals surface area contributed by atoms with Crippen molar-refractivity contribution >= 4 is 23.6 Å². The SMILES string of the molecule is Cc1ccc(C(=O)NC2CCN(C(C)(C)C)C2=O)c(Sc2ccccc2)c1. The number of amides is 2. The summed E-state index contributed by atoms with van der Waals surface area (Å²) in [6, 6.07) is 15.3. The molecule has 3 rings (SSSR count). The van der Waals surface area contributed by atoms with Crippen LogP contribution >= 0.6 is 11.8 Å². The quantitative estimate of drug-likeness (QED) is 0.859. The molecule has 1 fully saturated rings. The molecule has 1 N–H and O–H groups in total. The van der Waals surface area contributed by atoms with E-state index in [0.29, 0.717) is 18.5 Å². The van der Waals surface area contributed by atoms with Crippen molar-refractivity contribution in [2.45, 2.75) is 55.5 Å². The molecule has 0 aliphatic carbocycles. The van der Waals surface area contributed by atoms with E-state index in [1.54, 1.807) is 11.8 Å². The van der Waals surface area contributed by atoms with Crippen molar-refractivity contribution in [3.63, 3.8) is 0 Å². The Bertz CT molecular complexity index is 843. The molecule has 0 bridgehead atoms. The monoisotopic (exact) mass is 382 g/mol. The Balaban J connectivity index is 1.78. The van der Waals surface area contributed by atoms with Gasteiger partial charge in [0.15, 0.2) is 0 Å². The predicted molar refractivity (Wildman–Crippen MR) is 109 cm³/mol. The maximum Gasteiger partial charge on any atom is 0.253 e. The molecular weight excluding hydrogens is 356 g/mol. The van der Waals surface area contributed by atoms with Crippen LogP contribution in [0.1, 0.15) is 43.1 Å². The van der Waals surface area contributed by atoms with E-state index >= 15 is 0 Å². The number of rotatable bonds is 4. The molecule has 2 aromatic rings. The Morgan fingerprint density at radius 2 is 1.85 bits per heavy atom. The number of benzene rings is 2. The van der Waals surface area contributed by atoms with Crippen LogP contribution in [0.3, 0.4) is 0 Å². The van der Waals surface area contributed by atoms with Crippen LogP contribution in [-0.4, -0.2) is 34.8 Å². The van der Waals surface area contributed by atoms with E-state index in [1.165, 1.54) is 0 Å². The van der Waals surface area contributed by atoms with Crippen LogP contribution in [0.2, 0.25) is 0 Å². The number of aryl methyl sites for hydroxylation is 1. The summed E-state index contributed by atoms with van der Waals surface area (Å²) in [4.78, 5) is 29.4.